The fourth-order valence-corrected chi connectivity index (χ4v) is 1.76. The van der Waals surface area contributed by atoms with E-state index in [2.05, 4.69) is 10.1 Å². The second-order valence-corrected chi connectivity index (χ2v) is 4.01. The lowest BCUT2D eigenvalue weighted by Gasteiger charge is -2.20. The predicted octanol–water partition coefficient (Wildman–Crippen LogP) is 1.66. The highest BCUT2D eigenvalue weighted by molar-refractivity contribution is 5.79. The summed E-state index contributed by atoms with van der Waals surface area (Å²) in [6.45, 7) is 2.33. The Morgan fingerprint density at radius 1 is 1.44 bits per heavy atom. The molecule has 0 aromatic carbocycles. The molecule has 0 unspecified atom stereocenters. The maximum absolute atomic E-state index is 11.0. The molecule has 1 aliphatic rings. The Balaban J connectivity index is 1.76. The molecule has 1 aromatic rings. The molecular formula is C11H16N2O3. The van der Waals surface area contributed by atoms with Gasteiger partial charge in [-0.15, -0.1) is 0 Å². The van der Waals surface area contributed by atoms with Gasteiger partial charge in [-0.3, -0.25) is 4.79 Å². The van der Waals surface area contributed by atoms with Gasteiger partial charge < -0.3 is 9.26 Å². The number of hydrogen-bond acceptors (Lipinski definition) is 5. The minimum atomic E-state index is 0.162. The molecule has 5 heteroatoms. The van der Waals surface area contributed by atoms with Crippen molar-refractivity contribution in [1.82, 2.24) is 10.1 Å². The summed E-state index contributed by atoms with van der Waals surface area (Å²) in [6, 6.07) is 0. The quantitative estimate of drug-likeness (QED) is 0.778. The van der Waals surface area contributed by atoms with Gasteiger partial charge in [-0.1, -0.05) is 12.1 Å². The van der Waals surface area contributed by atoms with Gasteiger partial charge in [0.1, 0.15) is 12.4 Å². The van der Waals surface area contributed by atoms with Gasteiger partial charge in [0, 0.05) is 19.3 Å². The summed E-state index contributed by atoms with van der Waals surface area (Å²) in [5, 5.41) is 3.79. The van der Waals surface area contributed by atoms with E-state index in [-0.39, 0.29) is 6.10 Å². The number of aromatic nitrogens is 2. The zero-order chi connectivity index (χ0) is 11.4. The van der Waals surface area contributed by atoms with Gasteiger partial charge >= 0.3 is 0 Å². The van der Waals surface area contributed by atoms with E-state index in [1.807, 2.05) is 6.92 Å². The molecule has 1 aromatic heterocycles. The van der Waals surface area contributed by atoms with Gasteiger partial charge in [0.15, 0.2) is 5.82 Å². The van der Waals surface area contributed by atoms with Crippen LogP contribution in [0.25, 0.3) is 0 Å². The van der Waals surface area contributed by atoms with E-state index in [0.717, 1.165) is 19.3 Å². The normalized spacial score (nSPS) is 17.9. The summed E-state index contributed by atoms with van der Waals surface area (Å²) < 4.78 is 10.6. The van der Waals surface area contributed by atoms with E-state index in [9.17, 15) is 4.79 Å². The number of rotatable bonds is 4. The lowest BCUT2D eigenvalue weighted by Crippen LogP contribution is -2.21. The van der Waals surface area contributed by atoms with Crippen molar-refractivity contribution in [2.24, 2.45) is 0 Å². The highest BCUT2D eigenvalue weighted by atomic mass is 16.5. The van der Waals surface area contributed by atoms with Crippen molar-refractivity contribution in [3.8, 4) is 0 Å². The number of hydrogen-bond donors (Lipinski definition) is 0. The molecule has 0 bridgehead atoms. The van der Waals surface area contributed by atoms with Crippen molar-refractivity contribution >= 4 is 5.78 Å². The van der Waals surface area contributed by atoms with Crippen LogP contribution in [-0.2, 0) is 22.6 Å². The molecule has 1 saturated carbocycles. The second kappa shape index (κ2) is 5.21. The minimum Gasteiger partial charge on any atom is -0.368 e. The molecule has 1 fully saturated rings. The minimum absolute atomic E-state index is 0.162. The van der Waals surface area contributed by atoms with E-state index in [0.29, 0.717) is 36.9 Å². The van der Waals surface area contributed by atoms with Gasteiger partial charge in [-0.2, -0.15) is 4.98 Å². The lowest BCUT2D eigenvalue weighted by atomic mass is 9.97. The number of carbonyl (C=O) groups is 1. The average molecular weight is 224 g/mol. The van der Waals surface area contributed by atoms with Crippen molar-refractivity contribution < 1.29 is 14.1 Å². The molecule has 0 spiro atoms. The van der Waals surface area contributed by atoms with Crippen molar-refractivity contribution in [1.29, 1.82) is 0 Å². The van der Waals surface area contributed by atoms with Gasteiger partial charge in [0.25, 0.3) is 5.89 Å². The standard InChI is InChI=1S/C11H16N2O3/c1-2-10-12-11(16-13-10)7-15-9-5-3-8(14)4-6-9/h9H,2-7H2,1H3. The third-order valence-corrected chi connectivity index (χ3v) is 2.76. The van der Waals surface area contributed by atoms with Crippen LogP contribution in [-0.4, -0.2) is 22.0 Å². The summed E-state index contributed by atoms with van der Waals surface area (Å²) in [7, 11) is 0. The van der Waals surface area contributed by atoms with Crippen LogP contribution in [0.4, 0.5) is 0 Å². The lowest BCUT2D eigenvalue weighted by molar-refractivity contribution is -0.123. The van der Waals surface area contributed by atoms with Gasteiger partial charge in [-0.25, -0.2) is 0 Å². The first-order valence-corrected chi connectivity index (χ1v) is 5.72. The molecule has 0 aliphatic heterocycles. The smallest absolute Gasteiger partial charge is 0.252 e. The highest BCUT2D eigenvalue weighted by Gasteiger charge is 2.19. The largest absolute Gasteiger partial charge is 0.368 e. The van der Waals surface area contributed by atoms with Crippen molar-refractivity contribution in [2.75, 3.05) is 0 Å². The Bertz CT molecular complexity index is 352. The average Bonchev–Trinajstić information content (AvgIpc) is 2.76. The topological polar surface area (TPSA) is 65.2 Å². The highest BCUT2D eigenvalue weighted by Crippen LogP contribution is 2.18. The van der Waals surface area contributed by atoms with E-state index in [4.69, 9.17) is 9.26 Å². The van der Waals surface area contributed by atoms with Crippen LogP contribution < -0.4 is 0 Å². The van der Waals surface area contributed by atoms with Crippen molar-refractivity contribution in [3.05, 3.63) is 11.7 Å². The molecule has 1 aliphatic carbocycles. The number of nitrogens with zero attached hydrogens (tertiary/aromatic N) is 2. The molecular weight excluding hydrogens is 208 g/mol. The van der Waals surface area contributed by atoms with Crippen LogP contribution >= 0.6 is 0 Å². The van der Waals surface area contributed by atoms with Crippen LogP contribution in [0, 0.1) is 0 Å². The third kappa shape index (κ3) is 2.88. The number of carbonyl (C=O) groups excluding carboxylic acids is 1. The van der Waals surface area contributed by atoms with Gasteiger partial charge in [0.2, 0.25) is 0 Å². The molecule has 0 radical (unpaired) electrons. The van der Waals surface area contributed by atoms with Crippen LogP contribution in [0.5, 0.6) is 0 Å². The summed E-state index contributed by atoms with van der Waals surface area (Å²) in [6.07, 6.45) is 3.82. The number of ketones is 1. The molecule has 16 heavy (non-hydrogen) atoms. The fourth-order valence-electron chi connectivity index (χ4n) is 1.76. The number of Topliss-reactive ketones (excluding diaryl/α,β-unsaturated/α-hetero) is 1. The second-order valence-electron chi connectivity index (χ2n) is 4.01. The molecule has 0 amide bonds. The van der Waals surface area contributed by atoms with Gasteiger partial charge in [0.05, 0.1) is 6.10 Å². The molecule has 1 heterocycles. The predicted molar refractivity (Wildman–Crippen MR) is 55.7 cm³/mol. The Hall–Kier alpha value is -1.23. The van der Waals surface area contributed by atoms with E-state index < -0.39 is 0 Å². The fraction of sp³-hybridized carbons (Fsp3) is 0.727. The molecule has 2 rings (SSSR count). The van der Waals surface area contributed by atoms with Gasteiger partial charge in [-0.05, 0) is 12.8 Å². The summed E-state index contributed by atoms with van der Waals surface area (Å²) in [5.74, 6) is 1.57. The molecule has 5 nitrogen and oxygen atoms in total. The molecule has 0 saturated heterocycles. The first-order valence-electron chi connectivity index (χ1n) is 5.72. The first-order chi connectivity index (χ1) is 7.78. The van der Waals surface area contributed by atoms with E-state index in [1.165, 1.54) is 0 Å². The van der Waals surface area contributed by atoms with E-state index in [1.54, 1.807) is 0 Å². The monoisotopic (exact) mass is 224 g/mol. The van der Waals surface area contributed by atoms with Crippen LogP contribution in [0.1, 0.15) is 44.3 Å². The SMILES string of the molecule is CCc1noc(COC2CCC(=O)CC2)n1. The zero-order valence-electron chi connectivity index (χ0n) is 9.44. The number of ether oxygens (including phenoxy) is 1. The third-order valence-electron chi connectivity index (χ3n) is 2.76. The summed E-state index contributed by atoms with van der Waals surface area (Å²) in [4.78, 5) is 15.2. The van der Waals surface area contributed by atoms with Crippen molar-refractivity contribution in [2.45, 2.75) is 51.7 Å². The van der Waals surface area contributed by atoms with Crippen LogP contribution in [0.2, 0.25) is 0 Å². The van der Waals surface area contributed by atoms with Crippen molar-refractivity contribution in [3.63, 3.8) is 0 Å². The van der Waals surface area contributed by atoms with Crippen LogP contribution in [0.15, 0.2) is 4.52 Å². The molecule has 0 atom stereocenters. The van der Waals surface area contributed by atoms with Crippen LogP contribution in [0.3, 0.4) is 0 Å². The number of aryl methyl sites for hydroxylation is 1. The van der Waals surface area contributed by atoms with E-state index >= 15 is 0 Å². The Kier molecular flexibility index (Phi) is 3.66. The zero-order valence-corrected chi connectivity index (χ0v) is 9.44. The summed E-state index contributed by atoms with van der Waals surface area (Å²) in [5.41, 5.74) is 0. The maximum Gasteiger partial charge on any atom is 0.252 e. The Morgan fingerprint density at radius 3 is 2.81 bits per heavy atom. The maximum atomic E-state index is 11.0. The molecule has 88 valence electrons. The Morgan fingerprint density at radius 2 is 2.19 bits per heavy atom. The molecule has 0 N–H and O–H groups in total. The first kappa shape index (κ1) is 11.3. The Labute approximate surface area is 94.2 Å². The summed E-state index contributed by atoms with van der Waals surface area (Å²) >= 11 is 0.